The second-order valence-corrected chi connectivity index (χ2v) is 6.10. The van der Waals surface area contributed by atoms with Gasteiger partial charge in [-0.25, -0.2) is 0 Å². The SMILES string of the molecule is Cc1ccc(C)c(C(=O)/C=C/Nc2ccc(Oc3ccccc3)cc2)c1. The third-order valence-corrected chi connectivity index (χ3v) is 3.98. The first-order valence-corrected chi connectivity index (χ1v) is 8.49. The molecule has 0 amide bonds. The lowest BCUT2D eigenvalue weighted by molar-refractivity contribution is 0.104. The van der Waals surface area contributed by atoms with Crippen molar-refractivity contribution in [3.05, 3.63) is 102 Å². The summed E-state index contributed by atoms with van der Waals surface area (Å²) in [5.41, 5.74) is 3.67. The second-order valence-electron chi connectivity index (χ2n) is 6.10. The number of carbonyl (C=O) groups excluding carboxylic acids is 1. The Bertz CT molecular complexity index is 913. The van der Waals surface area contributed by atoms with Crippen LogP contribution in [0.2, 0.25) is 0 Å². The maximum atomic E-state index is 12.3. The third kappa shape index (κ3) is 4.61. The Hall–Kier alpha value is -3.33. The predicted molar refractivity (Wildman–Crippen MR) is 106 cm³/mol. The van der Waals surface area contributed by atoms with Crippen molar-refractivity contribution in [1.82, 2.24) is 0 Å². The summed E-state index contributed by atoms with van der Waals surface area (Å²) in [5, 5.41) is 3.11. The standard InChI is InChI=1S/C23H21NO2/c1-17-8-9-18(2)22(16-17)23(25)14-15-24-19-10-12-21(13-11-19)26-20-6-4-3-5-7-20/h3-16,24H,1-2H3/b15-14+. The van der Waals surface area contributed by atoms with Crippen LogP contribution in [0.15, 0.2) is 85.1 Å². The van der Waals surface area contributed by atoms with E-state index in [0.717, 1.165) is 33.9 Å². The summed E-state index contributed by atoms with van der Waals surface area (Å²) >= 11 is 0. The van der Waals surface area contributed by atoms with Crippen molar-refractivity contribution < 1.29 is 9.53 Å². The van der Waals surface area contributed by atoms with Crippen LogP contribution in [0.25, 0.3) is 0 Å². The van der Waals surface area contributed by atoms with Crippen molar-refractivity contribution in [1.29, 1.82) is 0 Å². The van der Waals surface area contributed by atoms with Crippen molar-refractivity contribution in [3.63, 3.8) is 0 Å². The molecule has 26 heavy (non-hydrogen) atoms. The summed E-state index contributed by atoms with van der Waals surface area (Å²) in [6, 6.07) is 23.1. The molecule has 0 aromatic heterocycles. The van der Waals surface area contributed by atoms with E-state index in [2.05, 4.69) is 5.32 Å². The average molecular weight is 343 g/mol. The largest absolute Gasteiger partial charge is 0.457 e. The lowest BCUT2D eigenvalue weighted by atomic mass is 10.0. The highest BCUT2D eigenvalue weighted by molar-refractivity contribution is 6.05. The van der Waals surface area contributed by atoms with E-state index in [-0.39, 0.29) is 5.78 Å². The molecule has 0 radical (unpaired) electrons. The Morgan fingerprint density at radius 1 is 0.885 bits per heavy atom. The zero-order chi connectivity index (χ0) is 18.4. The van der Waals surface area contributed by atoms with E-state index in [4.69, 9.17) is 4.74 Å². The minimum absolute atomic E-state index is 0.0114. The van der Waals surface area contributed by atoms with Gasteiger partial charge in [-0.2, -0.15) is 0 Å². The van der Waals surface area contributed by atoms with E-state index in [1.54, 1.807) is 12.3 Å². The number of hydrogen-bond acceptors (Lipinski definition) is 3. The third-order valence-electron chi connectivity index (χ3n) is 3.98. The number of aryl methyl sites for hydroxylation is 2. The molecule has 130 valence electrons. The highest BCUT2D eigenvalue weighted by atomic mass is 16.5. The fraction of sp³-hybridized carbons (Fsp3) is 0.0870. The van der Waals surface area contributed by atoms with Gasteiger partial charge in [-0.3, -0.25) is 4.79 Å². The lowest BCUT2D eigenvalue weighted by Gasteiger charge is -2.07. The van der Waals surface area contributed by atoms with Gasteiger partial charge < -0.3 is 10.1 Å². The van der Waals surface area contributed by atoms with E-state index in [0.29, 0.717) is 0 Å². The second kappa shape index (κ2) is 8.17. The van der Waals surface area contributed by atoms with Crippen LogP contribution in [0.3, 0.4) is 0 Å². The molecule has 0 heterocycles. The predicted octanol–water partition coefficient (Wildman–Crippen LogP) is 5.90. The van der Waals surface area contributed by atoms with Crippen LogP contribution in [-0.2, 0) is 0 Å². The van der Waals surface area contributed by atoms with E-state index in [1.807, 2.05) is 86.6 Å². The minimum atomic E-state index is -0.0114. The van der Waals surface area contributed by atoms with E-state index in [9.17, 15) is 4.79 Å². The van der Waals surface area contributed by atoms with E-state index >= 15 is 0 Å². The Labute approximate surface area is 154 Å². The van der Waals surface area contributed by atoms with Crippen molar-refractivity contribution in [3.8, 4) is 11.5 Å². The first-order chi connectivity index (χ1) is 12.6. The van der Waals surface area contributed by atoms with Crippen molar-refractivity contribution >= 4 is 11.5 Å². The van der Waals surface area contributed by atoms with Gasteiger partial charge in [0, 0.05) is 23.5 Å². The first-order valence-electron chi connectivity index (χ1n) is 8.49. The smallest absolute Gasteiger partial charge is 0.187 e. The highest BCUT2D eigenvalue weighted by Gasteiger charge is 2.05. The van der Waals surface area contributed by atoms with Crippen LogP contribution in [0.5, 0.6) is 11.5 Å². The molecule has 0 aliphatic carbocycles. The highest BCUT2D eigenvalue weighted by Crippen LogP contribution is 2.22. The van der Waals surface area contributed by atoms with Crippen molar-refractivity contribution in [2.24, 2.45) is 0 Å². The number of benzene rings is 3. The molecular weight excluding hydrogens is 322 g/mol. The van der Waals surface area contributed by atoms with Gasteiger partial charge in [-0.15, -0.1) is 0 Å². The average Bonchev–Trinajstić information content (AvgIpc) is 2.66. The molecule has 0 bridgehead atoms. The number of hydrogen-bond donors (Lipinski definition) is 1. The Morgan fingerprint density at radius 2 is 1.58 bits per heavy atom. The lowest BCUT2D eigenvalue weighted by Crippen LogP contribution is -1.99. The molecule has 0 atom stereocenters. The molecule has 3 aromatic carbocycles. The number of nitrogens with one attached hydrogen (secondary N) is 1. The topological polar surface area (TPSA) is 38.3 Å². The van der Waals surface area contributed by atoms with Gasteiger partial charge in [-0.1, -0.05) is 35.9 Å². The monoisotopic (exact) mass is 343 g/mol. The van der Waals surface area contributed by atoms with Gasteiger partial charge in [0.1, 0.15) is 11.5 Å². The van der Waals surface area contributed by atoms with Gasteiger partial charge in [0.25, 0.3) is 0 Å². The summed E-state index contributed by atoms with van der Waals surface area (Å²) in [4.78, 5) is 12.3. The maximum Gasteiger partial charge on any atom is 0.187 e. The van der Waals surface area contributed by atoms with Gasteiger partial charge in [0.15, 0.2) is 5.78 Å². The Morgan fingerprint density at radius 3 is 2.31 bits per heavy atom. The molecule has 3 aromatic rings. The van der Waals surface area contributed by atoms with Crippen LogP contribution < -0.4 is 10.1 Å². The van der Waals surface area contributed by atoms with Crippen LogP contribution in [0.1, 0.15) is 21.5 Å². The number of ketones is 1. The number of allylic oxidation sites excluding steroid dienone is 1. The van der Waals surface area contributed by atoms with E-state index < -0.39 is 0 Å². The molecule has 0 aliphatic heterocycles. The molecule has 0 fully saturated rings. The molecule has 3 rings (SSSR count). The van der Waals surface area contributed by atoms with Gasteiger partial charge >= 0.3 is 0 Å². The number of carbonyl (C=O) groups is 1. The number of rotatable bonds is 6. The summed E-state index contributed by atoms with van der Waals surface area (Å²) in [7, 11) is 0. The minimum Gasteiger partial charge on any atom is -0.457 e. The molecule has 3 heteroatoms. The molecule has 0 aliphatic rings. The van der Waals surface area contributed by atoms with Gasteiger partial charge in [-0.05, 0) is 61.9 Å². The molecule has 3 nitrogen and oxygen atoms in total. The number of anilines is 1. The molecular formula is C23H21NO2. The summed E-state index contributed by atoms with van der Waals surface area (Å²) in [5.74, 6) is 1.55. The quantitative estimate of drug-likeness (QED) is 0.447. The molecule has 0 unspecified atom stereocenters. The van der Waals surface area contributed by atoms with Crippen LogP contribution in [0, 0.1) is 13.8 Å². The molecule has 0 spiro atoms. The number of ether oxygens (including phenoxy) is 1. The van der Waals surface area contributed by atoms with Crippen molar-refractivity contribution in [2.45, 2.75) is 13.8 Å². The summed E-state index contributed by atoms with van der Waals surface area (Å²) in [6.45, 7) is 3.93. The Kier molecular flexibility index (Phi) is 5.49. The van der Waals surface area contributed by atoms with Crippen LogP contribution in [0.4, 0.5) is 5.69 Å². The fourth-order valence-electron chi connectivity index (χ4n) is 2.55. The summed E-state index contributed by atoms with van der Waals surface area (Å²) < 4.78 is 5.76. The summed E-state index contributed by atoms with van der Waals surface area (Å²) in [6.07, 6.45) is 3.22. The van der Waals surface area contributed by atoms with Crippen LogP contribution >= 0.6 is 0 Å². The first kappa shape index (κ1) is 17.5. The normalized spacial score (nSPS) is 10.7. The fourth-order valence-corrected chi connectivity index (χ4v) is 2.55. The molecule has 1 N–H and O–H groups in total. The molecule has 0 saturated carbocycles. The number of para-hydroxylation sites is 1. The zero-order valence-electron chi connectivity index (χ0n) is 14.9. The van der Waals surface area contributed by atoms with Crippen LogP contribution in [-0.4, -0.2) is 5.78 Å². The zero-order valence-corrected chi connectivity index (χ0v) is 14.9. The molecule has 0 saturated heterocycles. The van der Waals surface area contributed by atoms with Gasteiger partial charge in [0.2, 0.25) is 0 Å². The van der Waals surface area contributed by atoms with Gasteiger partial charge in [0.05, 0.1) is 0 Å². The van der Waals surface area contributed by atoms with Crippen molar-refractivity contribution in [2.75, 3.05) is 5.32 Å². The maximum absolute atomic E-state index is 12.3. The van der Waals surface area contributed by atoms with E-state index in [1.165, 1.54) is 0 Å². The Balaban J connectivity index is 1.60.